The van der Waals surface area contributed by atoms with E-state index in [2.05, 4.69) is 19.9 Å². The van der Waals surface area contributed by atoms with E-state index in [-0.39, 0.29) is 11.5 Å². The monoisotopic (exact) mass is 440 g/mol. The molecule has 160 valence electrons. The molecule has 1 saturated heterocycles. The molecule has 1 aliphatic heterocycles. The molecule has 0 saturated carbocycles. The quantitative estimate of drug-likeness (QED) is 0.483. The predicted molar refractivity (Wildman–Crippen MR) is 112 cm³/mol. The number of para-hydroxylation sites is 1. The van der Waals surface area contributed by atoms with Crippen LogP contribution in [0.4, 0.5) is 5.69 Å². The molecule has 1 aromatic carbocycles. The van der Waals surface area contributed by atoms with E-state index in [1.165, 1.54) is 17.1 Å². The number of sulfonamides is 1. The van der Waals surface area contributed by atoms with Gasteiger partial charge in [0, 0.05) is 31.7 Å². The maximum absolute atomic E-state index is 13.0. The SMILES string of the molecule is Cn1ncc2cccc(NS(=O)(=O)c3cnn(-c4cc([C@]5(O)CCOC5)ccn4)c3)c21. The fraction of sp³-hybridized carbons (Fsp3) is 0.250. The second kappa shape index (κ2) is 7.15. The van der Waals surface area contributed by atoms with E-state index < -0.39 is 15.6 Å². The maximum Gasteiger partial charge on any atom is 0.265 e. The molecule has 4 aromatic rings. The fourth-order valence-electron chi connectivity index (χ4n) is 3.70. The van der Waals surface area contributed by atoms with Gasteiger partial charge in [-0.1, -0.05) is 12.1 Å². The smallest absolute Gasteiger partial charge is 0.265 e. The average Bonchev–Trinajstić information content (AvgIpc) is 3.49. The predicted octanol–water partition coefficient (Wildman–Crippen LogP) is 1.56. The van der Waals surface area contributed by atoms with Gasteiger partial charge in [-0.2, -0.15) is 10.2 Å². The van der Waals surface area contributed by atoms with Crippen molar-refractivity contribution in [3.05, 3.63) is 60.7 Å². The number of nitrogens with one attached hydrogen (secondary N) is 1. The maximum atomic E-state index is 13.0. The average molecular weight is 440 g/mol. The Morgan fingerprint density at radius 3 is 2.90 bits per heavy atom. The summed E-state index contributed by atoms with van der Waals surface area (Å²) in [5.41, 5.74) is 0.674. The second-order valence-electron chi connectivity index (χ2n) is 7.47. The Hall–Kier alpha value is -3.28. The molecule has 2 N–H and O–H groups in total. The third-order valence-electron chi connectivity index (χ3n) is 5.39. The van der Waals surface area contributed by atoms with Crippen LogP contribution in [0.3, 0.4) is 0 Å². The molecule has 31 heavy (non-hydrogen) atoms. The molecule has 4 heterocycles. The zero-order valence-corrected chi connectivity index (χ0v) is 17.5. The summed E-state index contributed by atoms with van der Waals surface area (Å²) in [6, 6.07) is 8.71. The van der Waals surface area contributed by atoms with Gasteiger partial charge in [-0.05, 0) is 23.8 Å². The molecule has 0 bridgehead atoms. The third-order valence-corrected chi connectivity index (χ3v) is 6.71. The molecule has 0 amide bonds. The van der Waals surface area contributed by atoms with Gasteiger partial charge in [-0.25, -0.2) is 18.1 Å². The van der Waals surface area contributed by atoms with Gasteiger partial charge >= 0.3 is 0 Å². The van der Waals surface area contributed by atoms with Crippen LogP contribution in [0.5, 0.6) is 0 Å². The molecular formula is C20H20N6O4S. The van der Waals surface area contributed by atoms with Crippen molar-refractivity contribution in [3.8, 4) is 5.82 Å². The van der Waals surface area contributed by atoms with Crippen molar-refractivity contribution in [2.75, 3.05) is 17.9 Å². The number of hydrogen-bond donors (Lipinski definition) is 2. The van der Waals surface area contributed by atoms with Gasteiger partial charge in [0.25, 0.3) is 10.0 Å². The van der Waals surface area contributed by atoms with Crippen LogP contribution in [-0.2, 0) is 27.4 Å². The van der Waals surface area contributed by atoms with Crippen molar-refractivity contribution in [2.45, 2.75) is 16.9 Å². The number of ether oxygens (including phenoxy) is 1. The number of rotatable bonds is 5. The number of aromatic nitrogens is 5. The largest absolute Gasteiger partial charge is 0.383 e. The summed E-state index contributed by atoms with van der Waals surface area (Å²) >= 11 is 0. The van der Waals surface area contributed by atoms with Crippen molar-refractivity contribution >= 4 is 26.6 Å². The van der Waals surface area contributed by atoms with E-state index in [9.17, 15) is 13.5 Å². The van der Waals surface area contributed by atoms with Gasteiger partial charge in [0.15, 0.2) is 5.82 Å². The summed E-state index contributed by atoms with van der Waals surface area (Å²) in [4.78, 5) is 4.25. The Morgan fingerprint density at radius 2 is 2.10 bits per heavy atom. The highest BCUT2D eigenvalue weighted by Crippen LogP contribution is 2.31. The lowest BCUT2D eigenvalue weighted by atomic mass is 9.94. The highest BCUT2D eigenvalue weighted by Gasteiger charge is 2.34. The topological polar surface area (TPSA) is 124 Å². The zero-order valence-electron chi connectivity index (χ0n) is 16.6. The number of benzene rings is 1. The molecule has 0 spiro atoms. The number of aliphatic hydroxyl groups is 1. The molecule has 0 aliphatic carbocycles. The Morgan fingerprint density at radius 1 is 1.23 bits per heavy atom. The number of hydrogen-bond acceptors (Lipinski definition) is 7. The van der Waals surface area contributed by atoms with Gasteiger partial charge in [-0.15, -0.1) is 0 Å². The normalized spacial score (nSPS) is 19.2. The Bertz CT molecular complexity index is 1370. The van der Waals surface area contributed by atoms with E-state index >= 15 is 0 Å². The Labute approximate surface area is 178 Å². The Kier molecular flexibility index (Phi) is 4.54. The first kappa shape index (κ1) is 19.7. The Balaban J connectivity index is 1.46. The summed E-state index contributed by atoms with van der Waals surface area (Å²) in [5, 5.41) is 19.9. The third kappa shape index (κ3) is 3.46. The number of aryl methyl sites for hydroxylation is 1. The van der Waals surface area contributed by atoms with Crippen molar-refractivity contribution in [1.82, 2.24) is 24.5 Å². The van der Waals surface area contributed by atoms with Crippen molar-refractivity contribution in [3.63, 3.8) is 0 Å². The molecule has 1 atom stereocenters. The van der Waals surface area contributed by atoms with Crippen molar-refractivity contribution in [1.29, 1.82) is 0 Å². The van der Waals surface area contributed by atoms with E-state index in [0.717, 1.165) is 5.39 Å². The molecule has 1 aliphatic rings. The molecule has 1 fully saturated rings. The van der Waals surface area contributed by atoms with Crippen LogP contribution in [0.15, 0.2) is 60.0 Å². The van der Waals surface area contributed by atoms with Crippen LogP contribution < -0.4 is 4.72 Å². The lowest BCUT2D eigenvalue weighted by Crippen LogP contribution is -2.25. The number of nitrogens with zero attached hydrogens (tertiary/aromatic N) is 5. The number of pyridine rings is 1. The van der Waals surface area contributed by atoms with Crippen LogP contribution >= 0.6 is 0 Å². The molecule has 5 rings (SSSR count). The lowest BCUT2D eigenvalue weighted by Gasteiger charge is -2.21. The fourth-order valence-corrected chi connectivity index (χ4v) is 4.70. The van der Waals surface area contributed by atoms with Crippen LogP contribution in [0, 0.1) is 0 Å². The minimum atomic E-state index is -3.90. The summed E-state index contributed by atoms with van der Waals surface area (Å²) in [7, 11) is -2.15. The van der Waals surface area contributed by atoms with Gasteiger partial charge in [0.2, 0.25) is 0 Å². The first-order chi connectivity index (χ1) is 14.9. The molecule has 3 aromatic heterocycles. The summed E-state index contributed by atoms with van der Waals surface area (Å²) in [6.07, 6.45) is 6.35. The van der Waals surface area contributed by atoms with Crippen LogP contribution in [-0.4, -0.2) is 51.3 Å². The lowest BCUT2D eigenvalue weighted by molar-refractivity contribution is 0.0231. The molecular weight excluding hydrogens is 420 g/mol. The van der Waals surface area contributed by atoms with Crippen molar-refractivity contribution in [2.24, 2.45) is 7.05 Å². The zero-order chi connectivity index (χ0) is 21.6. The number of anilines is 1. The molecule has 11 heteroatoms. The summed E-state index contributed by atoms with van der Waals surface area (Å²) in [5.74, 6) is 0.396. The highest BCUT2D eigenvalue weighted by atomic mass is 32.2. The first-order valence-corrected chi connectivity index (χ1v) is 11.1. The molecule has 0 unspecified atom stereocenters. The van der Waals surface area contributed by atoms with Gasteiger partial charge in [-0.3, -0.25) is 9.40 Å². The van der Waals surface area contributed by atoms with E-state index in [0.29, 0.717) is 35.6 Å². The number of fused-ring (bicyclic) bond motifs is 1. The van der Waals surface area contributed by atoms with E-state index in [4.69, 9.17) is 4.74 Å². The van der Waals surface area contributed by atoms with Crippen LogP contribution in [0.25, 0.3) is 16.7 Å². The van der Waals surface area contributed by atoms with Crippen molar-refractivity contribution < 1.29 is 18.3 Å². The van der Waals surface area contributed by atoms with E-state index in [1.54, 1.807) is 48.4 Å². The minimum absolute atomic E-state index is 0.0122. The summed E-state index contributed by atoms with van der Waals surface area (Å²) in [6.45, 7) is 0.687. The summed E-state index contributed by atoms with van der Waals surface area (Å²) < 4.78 is 36.9. The van der Waals surface area contributed by atoms with Gasteiger partial charge in [0.05, 0.1) is 36.4 Å². The highest BCUT2D eigenvalue weighted by molar-refractivity contribution is 7.92. The second-order valence-corrected chi connectivity index (χ2v) is 9.16. The standard InChI is InChI=1S/C20H20N6O4S/c1-25-19-14(10-22-25)3-2-4-17(19)24-31(28,29)16-11-23-26(12-16)18-9-15(5-7-21-18)20(27)6-8-30-13-20/h2-5,7,9-12,24,27H,6,8,13H2,1H3/t20-/m0/s1. The van der Waals surface area contributed by atoms with Gasteiger partial charge < -0.3 is 9.84 Å². The van der Waals surface area contributed by atoms with E-state index in [1.807, 2.05) is 6.07 Å². The minimum Gasteiger partial charge on any atom is -0.383 e. The van der Waals surface area contributed by atoms with Gasteiger partial charge in [0.1, 0.15) is 10.5 Å². The molecule has 0 radical (unpaired) electrons. The van der Waals surface area contributed by atoms with Crippen LogP contribution in [0.1, 0.15) is 12.0 Å². The van der Waals surface area contributed by atoms with Crippen LogP contribution in [0.2, 0.25) is 0 Å². The first-order valence-electron chi connectivity index (χ1n) is 9.61. The molecule has 10 nitrogen and oxygen atoms in total.